The topological polar surface area (TPSA) is 33.4 Å². The summed E-state index contributed by atoms with van der Waals surface area (Å²) in [5, 5.41) is 9.15. The van der Waals surface area contributed by atoms with E-state index in [2.05, 4.69) is 0 Å². The molecule has 1 aromatic heterocycles. The molecule has 1 fully saturated rings. The largest absolute Gasteiger partial charge is 0.469 e. The van der Waals surface area contributed by atoms with Crippen molar-refractivity contribution >= 4 is 0 Å². The maximum absolute atomic E-state index is 9.15. The summed E-state index contributed by atoms with van der Waals surface area (Å²) < 4.78 is 5.27. The lowest BCUT2D eigenvalue weighted by molar-refractivity contribution is 0.0986. The first kappa shape index (κ1) is 6.92. The van der Waals surface area contributed by atoms with Crippen molar-refractivity contribution in [3.05, 3.63) is 24.2 Å². The van der Waals surface area contributed by atoms with E-state index in [0.717, 1.165) is 18.6 Å². The van der Waals surface area contributed by atoms with Crippen molar-refractivity contribution in [2.24, 2.45) is 0 Å². The first-order valence-electron chi connectivity index (χ1n) is 4.02. The zero-order valence-corrected chi connectivity index (χ0v) is 6.42. The van der Waals surface area contributed by atoms with Gasteiger partial charge in [0, 0.05) is 0 Å². The fraction of sp³-hybridized carbons (Fsp3) is 0.556. The highest BCUT2D eigenvalue weighted by atomic mass is 16.3. The highest BCUT2D eigenvalue weighted by Crippen LogP contribution is 2.43. The molecule has 0 aliphatic heterocycles. The molecule has 0 amide bonds. The second kappa shape index (κ2) is 2.38. The number of hydrogen-bond donors (Lipinski definition) is 1. The Morgan fingerprint density at radius 2 is 2.36 bits per heavy atom. The van der Waals surface area contributed by atoms with Gasteiger partial charge in [0.05, 0.1) is 18.3 Å². The molecule has 11 heavy (non-hydrogen) atoms. The van der Waals surface area contributed by atoms with Gasteiger partial charge in [-0.1, -0.05) is 6.42 Å². The standard InChI is InChI=1S/C9H12O2/c10-7-9(4-2-5-9)8-3-1-6-11-8/h1,3,6,10H,2,4-5,7H2. The van der Waals surface area contributed by atoms with Crippen LogP contribution in [0.5, 0.6) is 0 Å². The molecule has 1 N–H and O–H groups in total. The van der Waals surface area contributed by atoms with Gasteiger partial charge >= 0.3 is 0 Å². The van der Waals surface area contributed by atoms with Crippen LogP contribution in [0.4, 0.5) is 0 Å². The third-order valence-corrected chi connectivity index (χ3v) is 2.66. The van der Waals surface area contributed by atoms with E-state index in [-0.39, 0.29) is 12.0 Å². The van der Waals surface area contributed by atoms with Gasteiger partial charge in [-0.25, -0.2) is 0 Å². The molecule has 60 valence electrons. The van der Waals surface area contributed by atoms with E-state index in [9.17, 15) is 0 Å². The quantitative estimate of drug-likeness (QED) is 0.699. The minimum atomic E-state index is -0.0243. The fourth-order valence-corrected chi connectivity index (χ4v) is 1.67. The fourth-order valence-electron chi connectivity index (χ4n) is 1.67. The minimum Gasteiger partial charge on any atom is -0.469 e. The number of furan rings is 1. The van der Waals surface area contributed by atoms with E-state index in [0.29, 0.717) is 0 Å². The van der Waals surface area contributed by atoms with Gasteiger partial charge in [-0.3, -0.25) is 0 Å². The molecule has 1 aliphatic rings. The van der Waals surface area contributed by atoms with Crippen LogP contribution < -0.4 is 0 Å². The van der Waals surface area contributed by atoms with Gasteiger partial charge in [-0.2, -0.15) is 0 Å². The minimum absolute atomic E-state index is 0.0243. The average Bonchev–Trinajstić information content (AvgIpc) is 2.39. The van der Waals surface area contributed by atoms with Crippen LogP contribution in [-0.2, 0) is 5.41 Å². The molecule has 1 saturated carbocycles. The highest BCUT2D eigenvalue weighted by molar-refractivity contribution is 5.17. The molecule has 2 heteroatoms. The Bertz CT molecular complexity index is 216. The second-order valence-corrected chi connectivity index (χ2v) is 3.27. The van der Waals surface area contributed by atoms with Gasteiger partial charge in [-0.15, -0.1) is 0 Å². The number of aliphatic hydroxyl groups is 1. The van der Waals surface area contributed by atoms with Gasteiger partial charge in [0.15, 0.2) is 0 Å². The molecule has 2 nitrogen and oxygen atoms in total. The van der Waals surface area contributed by atoms with Crippen LogP contribution in [0.15, 0.2) is 22.8 Å². The van der Waals surface area contributed by atoms with Gasteiger partial charge in [0.25, 0.3) is 0 Å². The molecule has 0 saturated heterocycles. The normalized spacial score (nSPS) is 21.2. The summed E-state index contributed by atoms with van der Waals surface area (Å²) in [6.45, 7) is 0.223. The van der Waals surface area contributed by atoms with E-state index in [1.165, 1.54) is 6.42 Å². The smallest absolute Gasteiger partial charge is 0.112 e. The van der Waals surface area contributed by atoms with Crippen molar-refractivity contribution in [2.75, 3.05) is 6.61 Å². The van der Waals surface area contributed by atoms with E-state index >= 15 is 0 Å². The summed E-state index contributed by atoms with van der Waals surface area (Å²) in [5.41, 5.74) is -0.0243. The zero-order valence-electron chi connectivity index (χ0n) is 6.42. The highest BCUT2D eigenvalue weighted by Gasteiger charge is 2.40. The van der Waals surface area contributed by atoms with Crippen LogP contribution in [-0.4, -0.2) is 11.7 Å². The molecule has 0 radical (unpaired) electrons. The molecular weight excluding hydrogens is 140 g/mol. The van der Waals surface area contributed by atoms with Crippen LogP contribution in [0.1, 0.15) is 25.0 Å². The van der Waals surface area contributed by atoms with Gasteiger partial charge < -0.3 is 9.52 Å². The van der Waals surface area contributed by atoms with Crippen molar-refractivity contribution in [2.45, 2.75) is 24.7 Å². The Hall–Kier alpha value is -0.760. The Balaban J connectivity index is 2.25. The summed E-state index contributed by atoms with van der Waals surface area (Å²) in [5.74, 6) is 0.950. The molecule has 2 rings (SSSR count). The lowest BCUT2D eigenvalue weighted by Crippen LogP contribution is -2.37. The number of aliphatic hydroxyl groups excluding tert-OH is 1. The van der Waals surface area contributed by atoms with Crippen LogP contribution >= 0.6 is 0 Å². The van der Waals surface area contributed by atoms with Crippen molar-refractivity contribution in [1.29, 1.82) is 0 Å². The van der Waals surface area contributed by atoms with Gasteiger partial charge in [-0.05, 0) is 25.0 Å². The second-order valence-electron chi connectivity index (χ2n) is 3.27. The van der Waals surface area contributed by atoms with Crippen molar-refractivity contribution in [3.63, 3.8) is 0 Å². The Morgan fingerprint density at radius 1 is 1.55 bits per heavy atom. The molecule has 1 aliphatic carbocycles. The van der Waals surface area contributed by atoms with Crippen molar-refractivity contribution < 1.29 is 9.52 Å². The molecular formula is C9H12O2. The molecule has 1 aromatic rings. The first-order valence-corrected chi connectivity index (χ1v) is 4.02. The summed E-state index contributed by atoms with van der Waals surface area (Å²) in [7, 11) is 0. The molecule has 0 bridgehead atoms. The molecule has 1 heterocycles. The summed E-state index contributed by atoms with van der Waals surface area (Å²) in [6, 6.07) is 3.83. The van der Waals surface area contributed by atoms with Crippen LogP contribution in [0.25, 0.3) is 0 Å². The molecule has 0 spiro atoms. The SMILES string of the molecule is OCC1(c2ccco2)CCC1. The number of rotatable bonds is 2. The third kappa shape index (κ3) is 0.897. The molecule has 0 atom stereocenters. The molecule has 0 aromatic carbocycles. The lowest BCUT2D eigenvalue weighted by Gasteiger charge is -2.38. The van der Waals surface area contributed by atoms with Crippen LogP contribution in [0, 0.1) is 0 Å². The van der Waals surface area contributed by atoms with Crippen molar-refractivity contribution in [3.8, 4) is 0 Å². The summed E-state index contributed by atoms with van der Waals surface area (Å²) in [4.78, 5) is 0. The maximum atomic E-state index is 9.15. The summed E-state index contributed by atoms with van der Waals surface area (Å²) >= 11 is 0. The third-order valence-electron chi connectivity index (χ3n) is 2.66. The van der Waals surface area contributed by atoms with Gasteiger partial charge in [0.2, 0.25) is 0 Å². The monoisotopic (exact) mass is 152 g/mol. The predicted octanol–water partition coefficient (Wildman–Crippen LogP) is 1.69. The number of hydrogen-bond acceptors (Lipinski definition) is 2. The van der Waals surface area contributed by atoms with Crippen molar-refractivity contribution in [1.82, 2.24) is 0 Å². The first-order chi connectivity index (χ1) is 5.37. The Labute approximate surface area is 65.8 Å². The average molecular weight is 152 g/mol. The predicted molar refractivity (Wildman–Crippen MR) is 41.3 cm³/mol. The van der Waals surface area contributed by atoms with Crippen LogP contribution in [0.2, 0.25) is 0 Å². The zero-order chi connectivity index (χ0) is 7.73. The van der Waals surface area contributed by atoms with E-state index in [1.807, 2.05) is 12.1 Å². The van der Waals surface area contributed by atoms with E-state index in [4.69, 9.17) is 9.52 Å². The maximum Gasteiger partial charge on any atom is 0.112 e. The molecule has 0 unspecified atom stereocenters. The lowest BCUT2D eigenvalue weighted by atomic mass is 9.68. The van der Waals surface area contributed by atoms with Crippen LogP contribution in [0.3, 0.4) is 0 Å². The van der Waals surface area contributed by atoms with E-state index < -0.39 is 0 Å². The Morgan fingerprint density at radius 3 is 2.73 bits per heavy atom. The Kier molecular flexibility index (Phi) is 1.50. The summed E-state index contributed by atoms with van der Waals surface area (Å²) in [6.07, 6.45) is 5.01. The van der Waals surface area contributed by atoms with Gasteiger partial charge in [0.1, 0.15) is 5.76 Å². The van der Waals surface area contributed by atoms with E-state index in [1.54, 1.807) is 6.26 Å².